The van der Waals surface area contributed by atoms with Crippen LogP contribution in [0.4, 0.5) is 0 Å². The van der Waals surface area contributed by atoms with Gasteiger partial charge in [0.05, 0.1) is 19.1 Å². The Morgan fingerprint density at radius 1 is 1.33 bits per heavy atom. The summed E-state index contributed by atoms with van der Waals surface area (Å²) in [6, 6.07) is 8.48. The van der Waals surface area contributed by atoms with E-state index in [9.17, 15) is 4.79 Å². The van der Waals surface area contributed by atoms with Crippen molar-refractivity contribution >= 4 is 5.91 Å². The molecule has 2 rings (SSSR count). The average molecular weight is 291 g/mol. The first-order valence-corrected chi connectivity index (χ1v) is 7.68. The lowest BCUT2D eigenvalue weighted by molar-refractivity contribution is -0.136. The Bertz CT molecular complexity index is 438. The Morgan fingerprint density at radius 3 is 2.62 bits per heavy atom. The van der Waals surface area contributed by atoms with Gasteiger partial charge in [0.2, 0.25) is 5.91 Å². The number of benzene rings is 1. The van der Waals surface area contributed by atoms with Crippen LogP contribution < -0.4 is 0 Å². The van der Waals surface area contributed by atoms with Crippen LogP contribution in [0, 0.1) is 5.92 Å². The van der Waals surface area contributed by atoms with E-state index >= 15 is 0 Å². The van der Waals surface area contributed by atoms with Crippen molar-refractivity contribution < 1.29 is 14.3 Å². The molecule has 0 spiro atoms. The first-order valence-electron chi connectivity index (χ1n) is 7.68. The Balaban J connectivity index is 2.01. The summed E-state index contributed by atoms with van der Waals surface area (Å²) >= 11 is 0. The van der Waals surface area contributed by atoms with Crippen molar-refractivity contribution in [1.82, 2.24) is 4.90 Å². The second kappa shape index (κ2) is 8.15. The van der Waals surface area contributed by atoms with Crippen LogP contribution >= 0.6 is 0 Å². The molecule has 1 aromatic carbocycles. The van der Waals surface area contributed by atoms with Crippen LogP contribution in [0.1, 0.15) is 24.5 Å². The lowest BCUT2D eigenvalue weighted by atomic mass is 10.1. The molecule has 0 unspecified atom stereocenters. The number of nitrogens with zero attached hydrogens (tertiary/aromatic N) is 1. The molecular formula is C17H25NO3. The smallest absolute Gasteiger partial charge is 0.228 e. The van der Waals surface area contributed by atoms with E-state index in [1.165, 1.54) is 5.56 Å². The van der Waals surface area contributed by atoms with Crippen molar-refractivity contribution in [3.05, 3.63) is 35.4 Å². The zero-order valence-electron chi connectivity index (χ0n) is 13.0. The van der Waals surface area contributed by atoms with E-state index in [4.69, 9.17) is 9.47 Å². The fourth-order valence-corrected chi connectivity index (χ4v) is 2.56. The van der Waals surface area contributed by atoms with Crippen molar-refractivity contribution in [2.24, 2.45) is 5.92 Å². The summed E-state index contributed by atoms with van der Waals surface area (Å²) in [7, 11) is 1.66. The average Bonchev–Trinajstić information content (AvgIpc) is 3.05. The summed E-state index contributed by atoms with van der Waals surface area (Å²) in [5.41, 5.74) is 2.48. The van der Waals surface area contributed by atoms with Crippen molar-refractivity contribution in [3.8, 4) is 0 Å². The molecule has 21 heavy (non-hydrogen) atoms. The van der Waals surface area contributed by atoms with E-state index < -0.39 is 0 Å². The predicted molar refractivity (Wildman–Crippen MR) is 82.0 cm³/mol. The Morgan fingerprint density at radius 2 is 2.05 bits per heavy atom. The number of hydrogen-bond acceptors (Lipinski definition) is 3. The third kappa shape index (κ3) is 4.55. The molecule has 1 fully saturated rings. The fraction of sp³-hybridized carbons (Fsp3) is 0.588. The van der Waals surface area contributed by atoms with E-state index in [1.807, 2.05) is 4.90 Å². The minimum atomic E-state index is 0.0109. The van der Waals surface area contributed by atoms with Crippen LogP contribution in [-0.4, -0.2) is 44.3 Å². The molecule has 0 aromatic heterocycles. The highest BCUT2D eigenvalue weighted by atomic mass is 16.5. The molecule has 0 saturated carbocycles. The van der Waals surface area contributed by atoms with Gasteiger partial charge in [-0.3, -0.25) is 4.79 Å². The number of methoxy groups -OCH3 is 1. The maximum atomic E-state index is 12.6. The first-order chi connectivity index (χ1) is 10.2. The minimum absolute atomic E-state index is 0.0109. The Labute approximate surface area is 127 Å². The maximum Gasteiger partial charge on any atom is 0.228 e. The molecule has 1 aliphatic rings. The van der Waals surface area contributed by atoms with Crippen LogP contribution in [0.2, 0.25) is 0 Å². The Hall–Kier alpha value is -1.39. The normalized spacial score (nSPS) is 17.9. The summed E-state index contributed by atoms with van der Waals surface area (Å²) in [4.78, 5) is 14.5. The number of rotatable bonds is 7. The van der Waals surface area contributed by atoms with Gasteiger partial charge >= 0.3 is 0 Å². The van der Waals surface area contributed by atoms with Gasteiger partial charge in [-0.1, -0.05) is 31.2 Å². The van der Waals surface area contributed by atoms with Crippen LogP contribution in [0.5, 0.6) is 0 Å². The third-order valence-corrected chi connectivity index (χ3v) is 3.96. The molecule has 1 aromatic rings. The van der Waals surface area contributed by atoms with Gasteiger partial charge < -0.3 is 14.4 Å². The predicted octanol–water partition coefficient (Wildman–Crippen LogP) is 2.26. The van der Waals surface area contributed by atoms with Gasteiger partial charge in [0.25, 0.3) is 0 Å². The van der Waals surface area contributed by atoms with Gasteiger partial charge in [-0.05, 0) is 24.0 Å². The molecule has 0 aliphatic carbocycles. The number of aryl methyl sites for hydroxylation is 1. The van der Waals surface area contributed by atoms with E-state index in [2.05, 4.69) is 31.2 Å². The molecule has 0 radical (unpaired) electrons. The summed E-state index contributed by atoms with van der Waals surface area (Å²) in [5, 5.41) is 0. The van der Waals surface area contributed by atoms with E-state index in [0.29, 0.717) is 32.9 Å². The number of carbonyl (C=O) groups is 1. The standard InChI is InChI=1S/C17H25NO3/c1-3-14-4-6-15(7-5-14)12-18(9-11-20-2)17(19)16-8-10-21-13-16/h4-7,16H,3,8-13H2,1-2H3/t16-/m0/s1. The molecule has 1 saturated heterocycles. The third-order valence-electron chi connectivity index (χ3n) is 3.96. The van der Waals surface area contributed by atoms with Gasteiger partial charge in [0.15, 0.2) is 0 Å². The van der Waals surface area contributed by atoms with Crippen molar-refractivity contribution in [3.63, 3.8) is 0 Å². The molecule has 1 aliphatic heterocycles. The topological polar surface area (TPSA) is 38.8 Å². The van der Waals surface area contributed by atoms with E-state index in [1.54, 1.807) is 7.11 Å². The lowest BCUT2D eigenvalue weighted by Crippen LogP contribution is -2.38. The fourth-order valence-electron chi connectivity index (χ4n) is 2.56. The second-order valence-corrected chi connectivity index (χ2v) is 5.48. The van der Waals surface area contributed by atoms with Gasteiger partial charge in [-0.25, -0.2) is 0 Å². The number of hydrogen-bond donors (Lipinski definition) is 0. The van der Waals surface area contributed by atoms with E-state index in [-0.39, 0.29) is 11.8 Å². The van der Waals surface area contributed by atoms with Crippen LogP contribution in [0.25, 0.3) is 0 Å². The van der Waals surface area contributed by atoms with Crippen molar-refractivity contribution in [2.45, 2.75) is 26.3 Å². The highest BCUT2D eigenvalue weighted by Crippen LogP contribution is 2.17. The molecule has 1 heterocycles. The molecule has 4 nitrogen and oxygen atoms in total. The molecule has 1 atom stereocenters. The number of ether oxygens (including phenoxy) is 2. The monoisotopic (exact) mass is 291 g/mol. The highest BCUT2D eigenvalue weighted by Gasteiger charge is 2.27. The highest BCUT2D eigenvalue weighted by molar-refractivity contribution is 5.79. The molecule has 0 bridgehead atoms. The number of carbonyl (C=O) groups excluding carboxylic acids is 1. The van der Waals surface area contributed by atoms with Crippen molar-refractivity contribution in [2.75, 3.05) is 33.5 Å². The van der Waals surface area contributed by atoms with Crippen LogP contribution in [-0.2, 0) is 27.2 Å². The molecule has 1 amide bonds. The van der Waals surface area contributed by atoms with Gasteiger partial charge in [0.1, 0.15) is 0 Å². The van der Waals surface area contributed by atoms with Crippen LogP contribution in [0.15, 0.2) is 24.3 Å². The molecule has 0 N–H and O–H groups in total. The first kappa shape index (κ1) is 16.0. The van der Waals surface area contributed by atoms with Gasteiger partial charge in [-0.2, -0.15) is 0 Å². The Kier molecular flexibility index (Phi) is 6.21. The largest absolute Gasteiger partial charge is 0.383 e. The summed E-state index contributed by atoms with van der Waals surface area (Å²) < 4.78 is 10.5. The van der Waals surface area contributed by atoms with Crippen molar-refractivity contribution in [1.29, 1.82) is 0 Å². The molecular weight excluding hydrogens is 266 g/mol. The van der Waals surface area contributed by atoms with Gasteiger partial charge in [0, 0.05) is 26.8 Å². The van der Waals surface area contributed by atoms with Crippen LogP contribution in [0.3, 0.4) is 0 Å². The zero-order valence-corrected chi connectivity index (χ0v) is 13.0. The second-order valence-electron chi connectivity index (χ2n) is 5.48. The SMILES string of the molecule is CCc1ccc(CN(CCOC)C(=O)[C@H]2CCOC2)cc1. The summed E-state index contributed by atoms with van der Waals surface area (Å²) in [5.74, 6) is 0.195. The van der Waals surface area contributed by atoms with E-state index in [0.717, 1.165) is 18.4 Å². The minimum Gasteiger partial charge on any atom is -0.383 e. The van der Waals surface area contributed by atoms with Gasteiger partial charge in [-0.15, -0.1) is 0 Å². The quantitative estimate of drug-likeness (QED) is 0.773. The summed E-state index contributed by atoms with van der Waals surface area (Å²) in [6.07, 6.45) is 1.86. The molecule has 4 heteroatoms. The molecule has 116 valence electrons. The number of amides is 1. The summed E-state index contributed by atoms with van der Waals surface area (Å²) in [6.45, 7) is 5.22. The lowest BCUT2D eigenvalue weighted by Gasteiger charge is -2.25. The zero-order chi connectivity index (χ0) is 15.1. The maximum absolute atomic E-state index is 12.6.